The molecule has 1 unspecified atom stereocenters. The van der Waals surface area contributed by atoms with Crippen molar-refractivity contribution in [3.63, 3.8) is 0 Å². The van der Waals surface area contributed by atoms with Crippen molar-refractivity contribution in [2.45, 2.75) is 19.4 Å². The van der Waals surface area contributed by atoms with Crippen LogP contribution in [0.25, 0.3) is 0 Å². The van der Waals surface area contributed by atoms with Crippen molar-refractivity contribution >= 4 is 17.5 Å². The second-order valence-corrected chi connectivity index (χ2v) is 5.32. The van der Waals surface area contributed by atoms with Crippen LogP contribution in [0.4, 0.5) is 4.39 Å². The maximum atomic E-state index is 13.0. The highest BCUT2D eigenvalue weighted by Crippen LogP contribution is 2.18. The monoisotopic (exact) mass is 321 g/mol. The molecule has 3 nitrogen and oxygen atoms in total. The zero-order valence-corrected chi connectivity index (χ0v) is 12.9. The number of amides is 1. The van der Waals surface area contributed by atoms with Crippen molar-refractivity contribution in [3.05, 3.63) is 64.9 Å². The van der Waals surface area contributed by atoms with Crippen molar-refractivity contribution in [1.82, 2.24) is 5.32 Å². The predicted octanol–water partition coefficient (Wildman–Crippen LogP) is 3.61. The number of benzene rings is 2. The first-order valence-electron chi connectivity index (χ1n) is 6.99. The van der Waals surface area contributed by atoms with Crippen molar-refractivity contribution in [1.29, 1.82) is 0 Å². The van der Waals surface area contributed by atoms with Gasteiger partial charge in [0, 0.05) is 11.6 Å². The normalized spacial score (nSPS) is 11.8. The molecule has 0 spiro atoms. The minimum absolute atomic E-state index is 0.226. The highest BCUT2D eigenvalue weighted by Gasteiger charge is 2.14. The second-order valence-electron chi connectivity index (χ2n) is 4.89. The molecule has 116 valence electrons. The quantitative estimate of drug-likeness (QED) is 0.882. The molecule has 5 heteroatoms. The van der Waals surface area contributed by atoms with E-state index in [1.54, 1.807) is 37.3 Å². The Morgan fingerprint density at radius 3 is 2.77 bits per heavy atom. The van der Waals surface area contributed by atoms with E-state index in [9.17, 15) is 9.18 Å². The predicted molar refractivity (Wildman–Crippen MR) is 84.7 cm³/mol. The van der Waals surface area contributed by atoms with E-state index < -0.39 is 6.10 Å². The molecule has 2 rings (SSSR count). The van der Waals surface area contributed by atoms with Gasteiger partial charge < -0.3 is 10.1 Å². The molecule has 1 N–H and O–H groups in total. The van der Waals surface area contributed by atoms with Crippen LogP contribution in [-0.4, -0.2) is 18.6 Å². The average Bonchev–Trinajstić information content (AvgIpc) is 2.47. The summed E-state index contributed by atoms with van der Waals surface area (Å²) in [5.41, 5.74) is 0.837. The number of nitrogens with one attached hydrogen (secondary N) is 1. The van der Waals surface area contributed by atoms with Crippen LogP contribution in [0.3, 0.4) is 0 Å². The summed E-state index contributed by atoms with van der Waals surface area (Å²) >= 11 is 5.86. The van der Waals surface area contributed by atoms with Gasteiger partial charge in [0.1, 0.15) is 11.6 Å². The first-order valence-corrected chi connectivity index (χ1v) is 7.37. The standard InChI is InChI=1S/C17H17ClFNO2/c1-12(22-16-7-3-5-14(18)11-16)17(21)20-9-8-13-4-2-6-15(19)10-13/h2-7,10-12H,8-9H2,1H3,(H,20,21). The first kappa shape index (κ1) is 16.3. The highest BCUT2D eigenvalue weighted by atomic mass is 35.5. The molecule has 0 fully saturated rings. The van der Waals surface area contributed by atoms with E-state index in [2.05, 4.69) is 5.32 Å². The molecule has 0 aliphatic heterocycles. The van der Waals surface area contributed by atoms with Gasteiger partial charge in [0.25, 0.3) is 5.91 Å². The van der Waals surface area contributed by atoms with Crippen LogP contribution in [0.1, 0.15) is 12.5 Å². The second kappa shape index (κ2) is 7.80. The molecule has 0 aliphatic rings. The van der Waals surface area contributed by atoms with Crippen molar-refractivity contribution in [3.8, 4) is 5.75 Å². The van der Waals surface area contributed by atoms with E-state index in [0.29, 0.717) is 23.7 Å². The Morgan fingerprint density at radius 1 is 1.27 bits per heavy atom. The Bertz CT molecular complexity index is 648. The lowest BCUT2D eigenvalue weighted by Gasteiger charge is -2.15. The van der Waals surface area contributed by atoms with Gasteiger partial charge in [-0.1, -0.05) is 29.8 Å². The van der Waals surface area contributed by atoms with Gasteiger partial charge in [-0.15, -0.1) is 0 Å². The topological polar surface area (TPSA) is 38.3 Å². The maximum absolute atomic E-state index is 13.0. The SMILES string of the molecule is CC(Oc1cccc(Cl)c1)C(=O)NCCc1cccc(F)c1. The lowest BCUT2D eigenvalue weighted by atomic mass is 10.1. The summed E-state index contributed by atoms with van der Waals surface area (Å²) in [5.74, 6) is 0.0399. The third kappa shape index (κ3) is 5.04. The third-order valence-corrected chi connectivity index (χ3v) is 3.32. The van der Waals surface area contributed by atoms with Gasteiger partial charge in [0.15, 0.2) is 6.10 Å². The fourth-order valence-electron chi connectivity index (χ4n) is 1.96. The van der Waals surface area contributed by atoms with E-state index in [1.165, 1.54) is 12.1 Å². The van der Waals surface area contributed by atoms with Crippen LogP contribution < -0.4 is 10.1 Å². The number of rotatable bonds is 6. The minimum Gasteiger partial charge on any atom is -0.481 e. The Kier molecular flexibility index (Phi) is 5.78. The Hall–Kier alpha value is -2.07. The highest BCUT2D eigenvalue weighted by molar-refractivity contribution is 6.30. The first-order chi connectivity index (χ1) is 10.5. The van der Waals surface area contributed by atoms with Gasteiger partial charge in [-0.2, -0.15) is 0 Å². The third-order valence-electron chi connectivity index (χ3n) is 3.08. The summed E-state index contributed by atoms with van der Waals surface area (Å²) < 4.78 is 18.6. The largest absolute Gasteiger partial charge is 0.481 e. The number of halogens is 2. The van der Waals surface area contributed by atoms with E-state index in [0.717, 1.165) is 5.56 Å². The van der Waals surface area contributed by atoms with Gasteiger partial charge in [-0.05, 0) is 49.2 Å². The van der Waals surface area contributed by atoms with E-state index in [4.69, 9.17) is 16.3 Å². The number of carbonyl (C=O) groups is 1. The molecule has 0 saturated carbocycles. The average molecular weight is 322 g/mol. The van der Waals surface area contributed by atoms with Crippen LogP contribution in [0.5, 0.6) is 5.75 Å². The fourth-order valence-corrected chi connectivity index (χ4v) is 2.14. The summed E-state index contributed by atoms with van der Waals surface area (Å²) in [7, 11) is 0. The zero-order valence-electron chi connectivity index (χ0n) is 12.2. The molecular weight excluding hydrogens is 305 g/mol. The summed E-state index contributed by atoms with van der Waals surface area (Å²) in [5, 5.41) is 3.32. The molecule has 2 aromatic carbocycles. The molecule has 0 aliphatic carbocycles. The van der Waals surface area contributed by atoms with E-state index in [1.807, 2.05) is 6.07 Å². The molecule has 0 heterocycles. The Labute approximate surface area is 134 Å². The molecule has 0 saturated heterocycles. The molecule has 1 amide bonds. The van der Waals surface area contributed by atoms with E-state index in [-0.39, 0.29) is 11.7 Å². The number of hydrogen-bond donors (Lipinski definition) is 1. The lowest BCUT2D eigenvalue weighted by molar-refractivity contribution is -0.127. The Balaban J connectivity index is 1.79. The Morgan fingerprint density at radius 2 is 2.05 bits per heavy atom. The molecule has 0 bridgehead atoms. The molecular formula is C17H17ClFNO2. The lowest BCUT2D eigenvalue weighted by Crippen LogP contribution is -2.37. The van der Waals surface area contributed by atoms with Crippen molar-refractivity contribution in [2.75, 3.05) is 6.54 Å². The smallest absolute Gasteiger partial charge is 0.260 e. The van der Waals surface area contributed by atoms with Gasteiger partial charge in [0.2, 0.25) is 0 Å². The molecule has 22 heavy (non-hydrogen) atoms. The van der Waals surface area contributed by atoms with Gasteiger partial charge >= 0.3 is 0 Å². The number of carbonyl (C=O) groups excluding carboxylic acids is 1. The summed E-state index contributed by atoms with van der Waals surface area (Å²) in [6.07, 6.45) is -0.0705. The van der Waals surface area contributed by atoms with Gasteiger partial charge in [-0.3, -0.25) is 4.79 Å². The van der Waals surface area contributed by atoms with E-state index >= 15 is 0 Å². The maximum Gasteiger partial charge on any atom is 0.260 e. The minimum atomic E-state index is -0.633. The van der Waals surface area contributed by atoms with Crippen molar-refractivity contribution < 1.29 is 13.9 Å². The zero-order chi connectivity index (χ0) is 15.9. The van der Waals surface area contributed by atoms with Gasteiger partial charge in [-0.25, -0.2) is 4.39 Å². The fraction of sp³-hybridized carbons (Fsp3) is 0.235. The number of hydrogen-bond acceptors (Lipinski definition) is 2. The van der Waals surface area contributed by atoms with Crippen molar-refractivity contribution in [2.24, 2.45) is 0 Å². The van der Waals surface area contributed by atoms with Crippen LogP contribution in [0, 0.1) is 5.82 Å². The summed E-state index contributed by atoms with van der Waals surface area (Å²) in [6.45, 7) is 2.09. The molecule has 1 atom stereocenters. The summed E-state index contributed by atoms with van der Waals surface area (Å²) in [6, 6.07) is 13.2. The van der Waals surface area contributed by atoms with Gasteiger partial charge in [0.05, 0.1) is 0 Å². The molecule has 0 radical (unpaired) electrons. The van der Waals surface area contributed by atoms with Crippen LogP contribution in [0.15, 0.2) is 48.5 Å². The summed E-state index contributed by atoms with van der Waals surface area (Å²) in [4.78, 5) is 11.9. The molecule has 2 aromatic rings. The van der Waals surface area contributed by atoms with Crippen LogP contribution in [-0.2, 0) is 11.2 Å². The van der Waals surface area contributed by atoms with Crippen LogP contribution in [0.2, 0.25) is 5.02 Å². The number of ether oxygens (including phenoxy) is 1. The molecule has 0 aromatic heterocycles. The van der Waals surface area contributed by atoms with Crippen LogP contribution >= 0.6 is 11.6 Å².